The molecule has 1 rings (SSSR count). The van der Waals surface area contributed by atoms with Crippen molar-refractivity contribution in [1.29, 1.82) is 0 Å². The Kier molecular flexibility index (Phi) is 4.44. The second-order valence-corrected chi connectivity index (χ2v) is 6.09. The van der Waals surface area contributed by atoms with Crippen molar-refractivity contribution in [2.75, 3.05) is 13.1 Å². The van der Waals surface area contributed by atoms with E-state index in [9.17, 15) is 4.79 Å². The summed E-state index contributed by atoms with van der Waals surface area (Å²) in [5, 5.41) is 1.77. The highest BCUT2D eigenvalue weighted by Gasteiger charge is 2.28. The van der Waals surface area contributed by atoms with Crippen molar-refractivity contribution < 1.29 is 9.63 Å². The molecule has 0 aromatic carbocycles. The monoisotopic (exact) mass is 243 g/mol. The Morgan fingerprint density at radius 3 is 2.19 bits per heavy atom. The van der Waals surface area contributed by atoms with Crippen LogP contribution in [0.2, 0.25) is 0 Å². The van der Waals surface area contributed by atoms with Crippen LogP contribution in [0, 0.1) is 11.3 Å². The van der Waals surface area contributed by atoms with Crippen LogP contribution in [0.1, 0.15) is 40.5 Å². The molecule has 0 atom stereocenters. The number of nitrogens with zero attached hydrogens (tertiary/aromatic N) is 1. The lowest BCUT2D eigenvalue weighted by molar-refractivity contribution is -0.204. The van der Waals surface area contributed by atoms with E-state index in [-0.39, 0.29) is 5.97 Å². The van der Waals surface area contributed by atoms with Crippen LogP contribution in [0.5, 0.6) is 0 Å². The Morgan fingerprint density at radius 2 is 1.81 bits per heavy atom. The molecule has 0 radical (unpaired) electrons. The number of piperidine rings is 1. The first-order chi connectivity index (χ1) is 7.30. The van der Waals surface area contributed by atoms with Gasteiger partial charge in [0.15, 0.2) is 0 Å². The first-order valence-corrected chi connectivity index (χ1v) is 6.19. The third-order valence-electron chi connectivity index (χ3n) is 2.85. The number of carbonyl (C=O) groups excluding carboxylic acids is 1. The van der Waals surface area contributed by atoms with Gasteiger partial charge < -0.3 is 4.84 Å². The first-order valence-electron chi connectivity index (χ1n) is 5.78. The van der Waals surface area contributed by atoms with Crippen LogP contribution in [-0.2, 0) is 9.63 Å². The van der Waals surface area contributed by atoms with Crippen LogP contribution in [0.15, 0.2) is 0 Å². The number of hydrogen-bond acceptors (Lipinski definition) is 4. The summed E-state index contributed by atoms with van der Waals surface area (Å²) in [6.07, 6.45) is 1.99. The standard InChI is InChI=1S/C12H21NO2S/c1-9(16)10-5-7-13(8-6-10)15-11(14)12(2,3)4/h10H,5-8H2,1-4H3. The maximum atomic E-state index is 11.7. The summed E-state index contributed by atoms with van der Waals surface area (Å²) >= 11 is 5.17. The molecule has 0 N–H and O–H groups in total. The zero-order valence-electron chi connectivity index (χ0n) is 10.6. The van der Waals surface area contributed by atoms with Crippen LogP contribution in [0.4, 0.5) is 0 Å². The van der Waals surface area contributed by atoms with Gasteiger partial charge in [-0.25, -0.2) is 4.79 Å². The van der Waals surface area contributed by atoms with Gasteiger partial charge in [0, 0.05) is 13.1 Å². The molecule has 0 aromatic rings. The molecule has 4 heteroatoms. The summed E-state index contributed by atoms with van der Waals surface area (Å²) in [4.78, 5) is 18.1. The number of rotatable bonds is 2. The Balaban J connectivity index is 2.38. The van der Waals surface area contributed by atoms with Gasteiger partial charge in [-0.3, -0.25) is 0 Å². The molecule has 16 heavy (non-hydrogen) atoms. The van der Waals surface area contributed by atoms with Crippen LogP contribution in [0.25, 0.3) is 0 Å². The second-order valence-electron chi connectivity index (χ2n) is 5.44. The normalized spacial score (nSPS) is 19.5. The topological polar surface area (TPSA) is 29.5 Å². The minimum Gasteiger partial charge on any atom is -0.367 e. The van der Waals surface area contributed by atoms with Gasteiger partial charge in [-0.1, -0.05) is 12.2 Å². The van der Waals surface area contributed by atoms with E-state index in [0.717, 1.165) is 30.8 Å². The van der Waals surface area contributed by atoms with Gasteiger partial charge in [0.05, 0.1) is 5.41 Å². The van der Waals surface area contributed by atoms with Crippen molar-refractivity contribution in [2.45, 2.75) is 40.5 Å². The summed E-state index contributed by atoms with van der Waals surface area (Å²) in [6.45, 7) is 9.17. The summed E-state index contributed by atoms with van der Waals surface area (Å²) < 4.78 is 0. The summed E-state index contributed by atoms with van der Waals surface area (Å²) in [6, 6.07) is 0. The highest BCUT2D eigenvalue weighted by atomic mass is 32.1. The van der Waals surface area contributed by atoms with Crippen molar-refractivity contribution in [1.82, 2.24) is 5.06 Å². The fraction of sp³-hybridized carbons (Fsp3) is 0.833. The molecule has 0 aromatic heterocycles. The van der Waals surface area contributed by atoms with Gasteiger partial charge in [0.2, 0.25) is 0 Å². The summed E-state index contributed by atoms with van der Waals surface area (Å²) in [7, 11) is 0. The van der Waals surface area contributed by atoms with E-state index in [0.29, 0.717) is 5.92 Å². The van der Waals surface area contributed by atoms with Gasteiger partial charge in [-0.15, -0.1) is 5.06 Å². The third-order valence-corrected chi connectivity index (χ3v) is 3.19. The quantitative estimate of drug-likeness (QED) is 0.697. The second kappa shape index (κ2) is 5.23. The van der Waals surface area contributed by atoms with Crippen molar-refractivity contribution in [2.24, 2.45) is 11.3 Å². The van der Waals surface area contributed by atoms with Gasteiger partial charge in [-0.05, 0) is 51.3 Å². The lowest BCUT2D eigenvalue weighted by Crippen LogP contribution is -2.39. The minimum atomic E-state index is -0.434. The Labute approximate surface area is 103 Å². The van der Waals surface area contributed by atoms with E-state index in [1.807, 2.05) is 27.7 Å². The molecule has 0 saturated carbocycles. The summed E-state index contributed by atoms with van der Waals surface area (Å²) in [5.74, 6) is 0.351. The minimum absolute atomic E-state index is 0.162. The molecule has 0 spiro atoms. The van der Waals surface area contributed by atoms with E-state index in [4.69, 9.17) is 17.1 Å². The number of carbonyl (C=O) groups is 1. The third kappa shape index (κ3) is 3.83. The lowest BCUT2D eigenvalue weighted by atomic mass is 9.95. The Hall–Kier alpha value is -0.480. The Bertz CT molecular complexity index is 275. The molecule has 0 bridgehead atoms. The summed E-state index contributed by atoms with van der Waals surface area (Å²) in [5.41, 5.74) is -0.434. The fourth-order valence-electron chi connectivity index (χ4n) is 1.61. The molecular formula is C12H21NO2S. The molecule has 0 amide bonds. The van der Waals surface area contributed by atoms with E-state index in [1.165, 1.54) is 0 Å². The zero-order chi connectivity index (χ0) is 12.3. The van der Waals surface area contributed by atoms with Crippen LogP contribution in [-0.4, -0.2) is 29.0 Å². The highest BCUT2D eigenvalue weighted by Crippen LogP contribution is 2.22. The van der Waals surface area contributed by atoms with E-state index in [2.05, 4.69) is 0 Å². The SMILES string of the molecule is CC(=S)C1CCN(OC(=O)C(C)(C)C)CC1. The van der Waals surface area contributed by atoms with E-state index < -0.39 is 5.41 Å². The van der Waals surface area contributed by atoms with E-state index >= 15 is 0 Å². The highest BCUT2D eigenvalue weighted by molar-refractivity contribution is 7.80. The molecule has 1 aliphatic rings. The Morgan fingerprint density at radius 1 is 1.31 bits per heavy atom. The molecule has 92 valence electrons. The van der Waals surface area contributed by atoms with Crippen molar-refractivity contribution in [3.8, 4) is 0 Å². The fourth-order valence-corrected chi connectivity index (χ4v) is 1.84. The molecular weight excluding hydrogens is 222 g/mol. The number of hydroxylamine groups is 2. The molecule has 1 fully saturated rings. The van der Waals surface area contributed by atoms with Crippen molar-refractivity contribution in [3.63, 3.8) is 0 Å². The predicted molar refractivity (Wildman–Crippen MR) is 68.1 cm³/mol. The van der Waals surface area contributed by atoms with Crippen LogP contribution < -0.4 is 0 Å². The van der Waals surface area contributed by atoms with Crippen LogP contribution in [0.3, 0.4) is 0 Å². The number of thiocarbonyl (C=S) groups is 1. The predicted octanol–water partition coefficient (Wildman–Crippen LogP) is 2.59. The maximum absolute atomic E-state index is 11.7. The maximum Gasteiger partial charge on any atom is 0.330 e. The van der Waals surface area contributed by atoms with Crippen LogP contribution >= 0.6 is 12.2 Å². The van der Waals surface area contributed by atoms with Gasteiger partial charge in [0.25, 0.3) is 0 Å². The smallest absolute Gasteiger partial charge is 0.330 e. The molecule has 1 heterocycles. The van der Waals surface area contributed by atoms with Gasteiger partial charge >= 0.3 is 5.97 Å². The van der Waals surface area contributed by atoms with Crippen molar-refractivity contribution in [3.05, 3.63) is 0 Å². The molecule has 1 aliphatic heterocycles. The lowest BCUT2D eigenvalue weighted by Gasteiger charge is -2.31. The molecule has 3 nitrogen and oxygen atoms in total. The average Bonchev–Trinajstić information content (AvgIpc) is 2.17. The van der Waals surface area contributed by atoms with Gasteiger partial charge in [-0.2, -0.15) is 0 Å². The molecule has 0 unspecified atom stereocenters. The van der Waals surface area contributed by atoms with E-state index in [1.54, 1.807) is 5.06 Å². The van der Waals surface area contributed by atoms with Crippen molar-refractivity contribution >= 4 is 23.1 Å². The zero-order valence-corrected chi connectivity index (χ0v) is 11.4. The molecule has 1 saturated heterocycles. The average molecular weight is 243 g/mol. The molecule has 0 aliphatic carbocycles. The largest absolute Gasteiger partial charge is 0.367 e. The number of hydrogen-bond donors (Lipinski definition) is 0. The first kappa shape index (κ1) is 13.6. The van der Waals surface area contributed by atoms with Gasteiger partial charge in [0.1, 0.15) is 0 Å².